The monoisotopic (exact) mass is 445 g/mol. The van der Waals surface area contributed by atoms with Gasteiger partial charge in [0.25, 0.3) is 0 Å². The molecule has 0 atom stereocenters. The molecule has 1 saturated heterocycles. The number of sulfonamides is 1. The first-order valence-corrected chi connectivity index (χ1v) is 12.1. The zero-order valence-corrected chi connectivity index (χ0v) is 18.2. The van der Waals surface area contributed by atoms with Gasteiger partial charge in [-0.3, -0.25) is 4.79 Å². The average molecular weight is 446 g/mol. The summed E-state index contributed by atoms with van der Waals surface area (Å²) in [6.07, 6.45) is 0.967. The maximum atomic E-state index is 12.7. The van der Waals surface area contributed by atoms with Gasteiger partial charge >= 0.3 is 0 Å². The number of anilines is 1. The molecule has 0 radical (unpaired) electrons. The summed E-state index contributed by atoms with van der Waals surface area (Å²) in [7, 11) is -3.52. The van der Waals surface area contributed by atoms with Gasteiger partial charge in [-0.1, -0.05) is 29.5 Å². The van der Waals surface area contributed by atoms with Crippen molar-refractivity contribution in [3.8, 4) is 5.75 Å². The van der Waals surface area contributed by atoms with Crippen LogP contribution in [0.4, 0.5) is 5.13 Å². The van der Waals surface area contributed by atoms with Crippen LogP contribution >= 0.6 is 11.3 Å². The summed E-state index contributed by atoms with van der Waals surface area (Å²) in [6, 6.07) is 14.1. The number of nitrogens with zero attached hydrogens (tertiary/aromatic N) is 2. The number of nitrogens with one attached hydrogen (secondary N) is 1. The lowest BCUT2D eigenvalue weighted by Gasteiger charge is -2.30. The second-order valence-electron chi connectivity index (χ2n) is 7.06. The lowest BCUT2D eigenvalue weighted by Crippen LogP contribution is -2.41. The SMILES string of the molecule is CCOc1ccc2nc(NC(=O)C3CCN(S(=O)(=O)c4ccccc4)CC3)sc2c1. The van der Waals surface area contributed by atoms with E-state index in [9.17, 15) is 13.2 Å². The number of carbonyl (C=O) groups is 1. The predicted molar refractivity (Wildman–Crippen MR) is 117 cm³/mol. The Hall–Kier alpha value is -2.49. The molecule has 0 saturated carbocycles. The smallest absolute Gasteiger partial charge is 0.243 e. The van der Waals surface area contributed by atoms with Crippen molar-refractivity contribution in [3.05, 3.63) is 48.5 Å². The van der Waals surface area contributed by atoms with Crippen LogP contribution in [0.3, 0.4) is 0 Å². The van der Waals surface area contributed by atoms with Crippen molar-refractivity contribution in [2.45, 2.75) is 24.7 Å². The highest BCUT2D eigenvalue weighted by molar-refractivity contribution is 7.89. The number of fused-ring (bicyclic) bond motifs is 1. The molecule has 0 bridgehead atoms. The minimum absolute atomic E-state index is 0.115. The molecule has 1 N–H and O–H groups in total. The summed E-state index contributed by atoms with van der Waals surface area (Å²) in [5.74, 6) is 0.424. The Labute approximate surface area is 179 Å². The van der Waals surface area contributed by atoms with Crippen LogP contribution in [-0.4, -0.2) is 43.3 Å². The number of ether oxygens (including phenoxy) is 1. The molecule has 4 rings (SSSR count). The Morgan fingerprint density at radius 2 is 1.93 bits per heavy atom. The van der Waals surface area contributed by atoms with Crippen LogP contribution in [-0.2, 0) is 14.8 Å². The van der Waals surface area contributed by atoms with E-state index in [4.69, 9.17) is 4.74 Å². The van der Waals surface area contributed by atoms with Crippen molar-refractivity contribution in [2.24, 2.45) is 5.92 Å². The lowest BCUT2D eigenvalue weighted by molar-refractivity contribution is -0.120. The molecule has 1 aliphatic heterocycles. The Balaban J connectivity index is 1.38. The molecule has 0 unspecified atom stereocenters. The van der Waals surface area contributed by atoms with Gasteiger partial charge in [0.2, 0.25) is 15.9 Å². The molecule has 1 aromatic heterocycles. The van der Waals surface area contributed by atoms with E-state index in [2.05, 4.69) is 10.3 Å². The van der Waals surface area contributed by atoms with Crippen LogP contribution < -0.4 is 10.1 Å². The third-order valence-electron chi connectivity index (χ3n) is 5.11. The first-order chi connectivity index (χ1) is 14.5. The number of rotatable bonds is 6. The van der Waals surface area contributed by atoms with Crippen molar-refractivity contribution < 1.29 is 17.9 Å². The van der Waals surface area contributed by atoms with Crippen LogP contribution in [0.25, 0.3) is 10.2 Å². The van der Waals surface area contributed by atoms with Gasteiger partial charge in [0, 0.05) is 19.0 Å². The fourth-order valence-corrected chi connectivity index (χ4v) is 5.91. The first kappa shape index (κ1) is 20.8. The third kappa shape index (κ3) is 4.33. The molecule has 9 heteroatoms. The molecule has 1 amide bonds. The zero-order valence-electron chi connectivity index (χ0n) is 16.6. The van der Waals surface area contributed by atoms with Crippen molar-refractivity contribution in [1.29, 1.82) is 0 Å². The van der Waals surface area contributed by atoms with E-state index < -0.39 is 10.0 Å². The highest BCUT2D eigenvalue weighted by atomic mass is 32.2. The van der Waals surface area contributed by atoms with Gasteiger partial charge in [-0.05, 0) is 50.1 Å². The van der Waals surface area contributed by atoms with E-state index in [-0.39, 0.29) is 16.7 Å². The summed E-state index contributed by atoms with van der Waals surface area (Å²) in [4.78, 5) is 17.5. The highest BCUT2D eigenvalue weighted by Crippen LogP contribution is 2.30. The molecular weight excluding hydrogens is 422 g/mol. The van der Waals surface area contributed by atoms with E-state index in [1.165, 1.54) is 15.6 Å². The van der Waals surface area contributed by atoms with Gasteiger partial charge in [0.05, 0.1) is 21.7 Å². The standard InChI is InChI=1S/C21H23N3O4S2/c1-2-28-16-8-9-18-19(14-16)29-21(22-18)23-20(25)15-10-12-24(13-11-15)30(26,27)17-6-4-3-5-7-17/h3-9,14-15H,2,10-13H2,1H3,(H,22,23,25). The zero-order chi connectivity index (χ0) is 21.1. The van der Waals surface area contributed by atoms with Crippen molar-refractivity contribution in [1.82, 2.24) is 9.29 Å². The quantitative estimate of drug-likeness (QED) is 0.624. The van der Waals surface area contributed by atoms with Gasteiger partial charge < -0.3 is 10.1 Å². The Kier molecular flexibility index (Phi) is 6.03. The average Bonchev–Trinajstić information content (AvgIpc) is 3.16. The summed E-state index contributed by atoms with van der Waals surface area (Å²) in [6.45, 7) is 3.17. The number of piperidine rings is 1. The van der Waals surface area contributed by atoms with Crippen LogP contribution in [0.5, 0.6) is 5.75 Å². The summed E-state index contributed by atoms with van der Waals surface area (Å²) in [5, 5.41) is 3.44. The summed E-state index contributed by atoms with van der Waals surface area (Å²) >= 11 is 1.40. The first-order valence-electron chi connectivity index (χ1n) is 9.87. The predicted octanol–water partition coefficient (Wildman–Crippen LogP) is 3.73. The van der Waals surface area contributed by atoms with E-state index >= 15 is 0 Å². The van der Waals surface area contributed by atoms with Gasteiger partial charge in [-0.15, -0.1) is 0 Å². The largest absolute Gasteiger partial charge is 0.494 e. The number of thiazole rings is 1. The van der Waals surface area contributed by atoms with Gasteiger partial charge in [0.15, 0.2) is 5.13 Å². The maximum Gasteiger partial charge on any atom is 0.243 e. The van der Waals surface area contributed by atoms with Crippen LogP contribution in [0.2, 0.25) is 0 Å². The minimum atomic E-state index is -3.52. The molecule has 7 nitrogen and oxygen atoms in total. The number of amides is 1. The highest BCUT2D eigenvalue weighted by Gasteiger charge is 2.32. The topological polar surface area (TPSA) is 88.6 Å². The van der Waals surface area contributed by atoms with Gasteiger partial charge in [0.1, 0.15) is 5.75 Å². The van der Waals surface area contributed by atoms with Crippen LogP contribution in [0, 0.1) is 5.92 Å². The summed E-state index contributed by atoms with van der Waals surface area (Å²) < 4.78 is 33.4. The Bertz CT molecular complexity index is 1140. The molecule has 0 spiro atoms. The molecule has 2 heterocycles. The van der Waals surface area contributed by atoms with Crippen molar-refractivity contribution in [3.63, 3.8) is 0 Å². The number of carbonyl (C=O) groups excluding carboxylic acids is 1. The Morgan fingerprint density at radius 3 is 2.63 bits per heavy atom. The second kappa shape index (κ2) is 8.71. The maximum absolute atomic E-state index is 12.7. The number of hydrogen-bond acceptors (Lipinski definition) is 6. The Morgan fingerprint density at radius 1 is 1.20 bits per heavy atom. The van der Waals surface area contributed by atoms with Crippen LogP contribution in [0.1, 0.15) is 19.8 Å². The van der Waals surface area contributed by atoms with Crippen LogP contribution in [0.15, 0.2) is 53.4 Å². The molecule has 1 aliphatic rings. The molecule has 1 fully saturated rings. The molecule has 30 heavy (non-hydrogen) atoms. The molecule has 158 valence electrons. The lowest BCUT2D eigenvalue weighted by atomic mass is 9.97. The van der Waals surface area contributed by atoms with Crippen molar-refractivity contribution >= 4 is 42.6 Å². The van der Waals surface area contributed by atoms with Gasteiger partial charge in [-0.2, -0.15) is 4.31 Å². The number of hydrogen-bond donors (Lipinski definition) is 1. The molecular formula is C21H23N3O4S2. The molecule has 0 aliphatic carbocycles. The number of benzene rings is 2. The minimum Gasteiger partial charge on any atom is -0.494 e. The normalized spacial score (nSPS) is 15.9. The van der Waals surface area contributed by atoms with Crippen molar-refractivity contribution in [2.75, 3.05) is 25.0 Å². The third-order valence-corrected chi connectivity index (χ3v) is 7.95. The molecule has 2 aromatic carbocycles. The van der Waals surface area contributed by atoms with E-state index in [1.54, 1.807) is 30.3 Å². The van der Waals surface area contributed by atoms with E-state index in [0.29, 0.717) is 37.7 Å². The number of aromatic nitrogens is 1. The van der Waals surface area contributed by atoms with Gasteiger partial charge in [-0.25, -0.2) is 13.4 Å². The fraction of sp³-hybridized carbons (Fsp3) is 0.333. The fourth-order valence-electron chi connectivity index (χ4n) is 3.52. The molecule has 3 aromatic rings. The van der Waals surface area contributed by atoms with E-state index in [0.717, 1.165) is 16.0 Å². The summed E-state index contributed by atoms with van der Waals surface area (Å²) in [5.41, 5.74) is 0.808. The second-order valence-corrected chi connectivity index (χ2v) is 10.0. The van der Waals surface area contributed by atoms with E-state index in [1.807, 2.05) is 25.1 Å².